The summed E-state index contributed by atoms with van der Waals surface area (Å²) >= 11 is 1.47. The fourth-order valence-corrected chi connectivity index (χ4v) is 2.70. The van der Waals surface area contributed by atoms with Crippen molar-refractivity contribution in [2.75, 3.05) is 7.05 Å². The van der Waals surface area contributed by atoms with Crippen molar-refractivity contribution < 1.29 is 0 Å². The van der Waals surface area contributed by atoms with E-state index >= 15 is 0 Å². The molecule has 19 heavy (non-hydrogen) atoms. The van der Waals surface area contributed by atoms with E-state index < -0.39 is 0 Å². The number of aromatic amines is 1. The molecule has 1 aromatic heterocycles. The molecule has 1 atom stereocenters. The molecule has 0 fully saturated rings. The summed E-state index contributed by atoms with van der Waals surface area (Å²) in [6, 6.07) is 8.71. The van der Waals surface area contributed by atoms with E-state index in [9.17, 15) is 4.79 Å². The summed E-state index contributed by atoms with van der Waals surface area (Å²) in [5.74, 6) is 0. The predicted molar refractivity (Wildman–Crippen MR) is 76.5 cm³/mol. The van der Waals surface area contributed by atoms with Gasteiger partial charge in [-0.05, 0) is 42.9 Å². The zero-order chi connectivity index (χ0) is 13.8. The predicted octanol–water partition coefficient (Wildman–Crippen LogP) is 1.93. The van der Waals surface area contributed by atoms with E-state index in [0.717, 1.165) is 11.3 Å². The molecule has 2 rings (SSSR count). The summed E-state index contributed by atoms with van der Waals surface area (Å²) in [5.41, 5.74) is 1.07. The average Bonchev–Trinajstić information content (AvgIpc) is 2.74. The minimum absolute atomic E-state index is 0.194. The van der Waals surface area contributed by atoms with Crippen LogP contribution in [-0.2, 0) is 7.05 Å². The molecular formula is C13H18N4OS. The van der Waals surface area contributed by atoms with Crippen molar-refractivity contribution in [1.82, 2.24) is 20.1 Å². The molecule has 0 aliphatic carbocycles. The maximum atomic E-state index is 11.3. The Morgan fingerprint density at radius 1 is 1.42 bits per heavy atom. The lowest BCUT2D eigenvalue weighted by molar-refractivity contribution is 0.576. The van der Waals surface area contributed by atoms with E-state index in [1.54, 1.807) is 7.05 Å². The molecule has 0 saturated heterocycles. The van der Waals surface area contributed by atoms with Crippen LogP contribution in [0.1, 0.15) is 24.9 Å². The topological polar surface area (TPSA) is 62.7 Å². The van der Waals surface area contributed by atoms with Crippen LogP contribution in [0.4, 0.5) is 0 Å². The van der Waals surface area contributed by atoms with Gasteiger partial charge in [0.05, 0.1) is 0 Å². The maximum Gasteiger partial charge on any atom is 0.343 e. The highest BCUT2D eigenvalue weighted by Gasteiger charge is 2.08. The number of hydrogen-bond acceptors (Lipinski definition) is 4. The summed E-state index contributed by atoms with van der Waals surface area (Å²) in [6.45, 7) is 2.16. The van der Waals surface area contributed by atoms with Gasteiger partial charge in [0.1, 0.15) is 0 Å². The van der Waals surface area contributed by atoms with Gasteiger partial charge in [0.25, 0.3) is 0 Å². The molecule has 6 heteroatoms. The van der Waals surface area contributed by atoms with Crippen molar-refractivity contribution in [2.45, 2.75) is 29.4 Å². The number of aromatic nitrogens is 3. The van der Waals surface area contributed by atoms with Crippen LogP contribution in [0, 0.1) is 0 Å². The Morgan fingerprint density at radius 2 is 2.11 bits per heavy atom. The van der Waals surface area contributed by atoms with E-state index in [1.165, 1.54) is 21.9 Å². The molecule has 2 aromatic rings. The Bertz CT molecular complexity index is 583. The van der Waals surface area contributed by atoms with Crippen molar-refractivity contribution in [3.63, 3.8) is 0 Å². The van der Waals surface area contributed by atoms with Crippen LogP contribution in [0.25, 0.3) is 0 Å². The van der Waals surface area contributed by atoms with Gasteiger partial charge in [0.2, 0.25) is 0 Å². The minimum atomic E-state index is -0.194. The van der Waals surface area contributed by atoms with Gasteiger partial charge in [-0.3, -0.25) is 4.57 Å². The molecule has 0 saturated carbocycles. The van der Waals surface area contributed by atoms with Crippen molar-refractivity contribution in [3.05, 3.63) is 40.3 Å². The van der Waals surface area contributed by atoms with Gasteiger partial charge >= 0.3 is 5.69 Å². The van der Waals surface area contributed by atoms with Gasteiger partial charge in [-0.15, -0.1) is 5.10 Å². The van der Waals surface area contributed by atoms with Crippen molar-refractivity contribution in [3.8, 4) is 0 Å². The van der Waals surface area contributed by atoms with Gasteiger partial charge in [-0.25, -0.2) is 9.89 Å². The third-order valence-corrected chi connectivity index (χ3v) is 4.14. The number of benzene rings is 1. The number of nitrogens with zero attached hydrogens (tertiary/aromatic N) is 2. The molecule has 0 amide bonds. The highest BCUT2D eigenvalue weighted by Crippen LogP contribution is 2.26. The molecule has 0 aliphatic rings. The van der Waals surface area contributed by atoms with Crippen molar-refractivity contribution in [2.24, 2.45) is 7.05 Å². The first kappa shape index (κ1) is 13.9. The largest absolute Gasteiger partial charge is 0.343 e. The van der Waals surface area contributed by atoms with Crippen molar-refractivity contribution in [1.29, 1.82) is 0 Å². The van der Waals surface area contributed by atoms with Gasteiger partial charge in [-0.1, -0.05) is 19.1 Å². The Morgan fingerprint density at radius 3 is 2.58 bits per heavy atom. The van der Waals surface area contributed by atoms with Gasteiger partial charge in [0, 0.05) is 18.0 Å². The van der Waals surface area contributed by atoms with Crippen LogP contribution >= 0.6 is 11.8 Å². The SMILES string of the molecule is CCC(NC)c1ccc(Sc2n[nH]c(=O)n2C)cc1. The van der Waals surface area contributed by atoms with E-state index in [0.29, 0.717) is 11.2 Å². The normalized spacial score (nSPS) is 12.6. The monoisotopic (exact) mass is 278 g/mol. The Hall–Kier alpha value is -1.53. The molecule has 2 N–H and O–H groups in total. The van der Waals surface area contributed by atoms with Crippen LogP contribution in [0.3, 0.4) is 0 Å². The average molecular weight is 278 g/mol. The van der Waals surface area contributed by atoms with E-state index in [2.05, 4.69) is 46.7 Å². The molecule has 0 radical (unpaired) electrons. The minimum Gasteiger partial charge on any atom is -0.313 e. The Labute approximate surface area is 116 Å². The quantitative estimate of drug-likeness (QED) is 0.877. The second-order valence-electron chi connectivity index (χ2n) is 4.29. The molecule has 1 heterocycles. The molecule has 0 bridgehead atoms. The molecule has 1 aromatic carbocycles. The van der Waals surface area contributed by atoms with E-state index in [4.69, 9.17) is 0 Å². The highest BCUT2D eigenvalue weighted by molar-refractivity contribution is 7.99. The number of nitrogens with one attached hydrogen (secondary N) is 2. The summed E-state index contributed by atoms with van der Waals surface area (Å²) < 4.78 is 1.50. The number of H-pyrrole nitrogens is 1. The summed E-state index contributed by atoms with van der Waals surface area (Å²) in [4.78, 5) is 12.3. The second kappa shape index (κ2) is 6.08. The first-order chi connectivity index (χ1) is 9.15. The molecule has 5 nitrogen and oxygen atoms in total. The standard InChI is InChI=1S/C13H18N4OS/c1-4-11(14-2)9-5-7-10(8-6-9)19-13-16-15-12(18)17(13)3/h5-8,11,14H,4H2,1-3H3,(H,15,18). The fourth-order valence-electron chi connectivity index (χ4n) is 1.90. The molecule has 0 aliphatic heterocycles. The first-order valence-corrected chi connectivity index (χ1v) is 7.03. The fraction of sp³-hybridized carbons (Fsp3) is 0.385. The highest BCUT2D eigenvalue weighted by atomic mass is 32.2. The second-order valence-corrected chi connectivity index (χ2v) is 5.33. The third kappa shape index (κ3) is 3.08. The lowest BCUT2D eigenvalue weighted by Gasteiger charge is -2.14. The molecule has 0 spiro atoms. The van der Waals surface area contributed by atoms with Crippen LogP contribution < -0.4 is 11.0 Å². The van der Waals surface area contributed by atoms with Gasteiger partial charge < -0.3 is 5.32 Å². The lowest BCUT2D eigenvalue weighted by Crippen LogP contribution is -2.14. The molecule has 1 unspecified atom stereocenters. The van der Waals surface area contributed by atoms with Gasteiger partial charge in [0.15, 0.2) is 5.16 Å². The van der Waals surface area contributed by atoms with Crippen LogP contribution in [-0.4, -0.2) is 21.8 Å². The Kier molecular flexibility index (Phi) is 4.44. The summed E-state index contributed by atoms with van der Waals surface area (Å²) in [5, 5.41) is 10.4. The maximum absolute atomic E-state index is 11.3. The first-order valence-electron chi connectivity index (χ1n) is 6.22. The zero-order valence-electron chi connectivity index (χ0n) is 11.3. The summed E-state index contributed by atoms with van der Waals surface area (Å²) in [7, 11) is 3.67. The third-order valence-electron chi connectivity index (χ3n) is 3.09. The van der Waals surface area contributed by atoms with Crippen LogP contribution in [0.5, 0.6) is 0 Å². The zero-order valence-corrected chi connectivity index (χ0v) is 12.1. The lowest BCUT2D eigenvalue weighted by atomic mass is 10.1. The van der Waals surface area contributed by atoms with Crippen molar-refractivity contribution >= 4 is 11.8 Å². The van der Waals surface area contributed by atoms with Crippen LogP contribution in [0.2, 0.25) is 0 Å². The molecular weight excluding hydrogens is 260 g/mol. The number of hydrogen-bond donors (Lipinski definition) is 2. The molecule has 102 valence electrons. The van der Waals surface area contributed by atoms with E-state index in [-0.39, 0.29) is 5.69 Å². The van der Waals surface area contributed by atoms with Gasteiger partial charge in [-0.2, -0.15) is 0 Å². The Balaban J connectivity index is 2.15. The smallest absolute Gasteiger partial charge is 0.313 e. The summed E-state index contributed by atoms with van der Waals surface area (Å²) in [6.07, 6.45) is 1.05. The van der Waals surface area contributed by atoms with Crippen LogP contribution in [0.15, 0.2) is 39.1 Å². The number of rotatable bonds is 5. The van der Waals surface area contributed by atoms with E-state index in [1.807, 2.05) is 7.05 Å².